The fourth-order valence-electron chi connectivity index (χ4n) is 0.858. The molecule has 0 aromatic heterocycles. The Balaban J connectivity index is 2.69. The molecule has 14 heavy (non-hydrogen) atoms. The van der Waals surface area contributed by atoms with Crippen molar-refractivity contribution < 1.29 is 9.53 Å². The molecular weight excluding hydrogens is 202 g/mol. The van der Waals surface area contributed by atoms with Crippen LogP contribution in [0.25, 0.3) is 0 Å². The monoisotopic (exact) mass is 211 g/mol. The lowest BCUT2D eigenvalue weighted by molar-refractivity contribution is -0.134. The molecule has 0 fully saturated rings. The molecule has 0 N–H and O–H groups in total. The minimum absolute atomic E-state index is 0.341. The van der Waals surface area contributed by atoms with Crippen LogP contribution >= 0.6 is 11.6 Å². The first-order chi connectivity index (χ1) is 6.74. The highest BCUT2D eigenvalue weighted by molar-refractivity contribution is 6.33. The van der Waals surface area contributed by atoms with Gasteiger partial charge in [-0.3, -0.25) is 0 Å². The number of aliphatic imine (C=N–C) groups is 1. The molecule has 3 nitrogen and oxygen atoms in total. The zero-order valence-corrected chi connectivity index (χ0v) is 8.49. The third-order valence-electron chi connectivity index (χ3n) is 1.45. The number of carbonyl (C=O) groups is 1. The van der Waals surface area contributed by atoms with Crippen LogP contribution in [0.4, 0.5) is 5.69 Å². The van der Waals surface area contributed by atoms with Crippen molar-refractivity contribution in [2.45, 2.75) is 6.92 Å². The summed E-state index contributed by atoms with van der Waals surface area (Å²) in [5.74, 6) is -0.465. The molecule has 0 unspecified atom stereocenters. The van der Waals surface area contributed by atoms with E-state index in [9.17, 15) is 4.79 Å². The molecule has 74 valence electrons. The Morgan fingerprint density at radius 2 is 2.29 bits per heavy atom. The van der Waals surface area contributed by atoms with E-state index in [4.69, 9.17) is 11.6 Å². The van der Waals surface area contributed by atoms with Crippen LogP contribution in [0.1, 0.15) is 6.92 Å². The van der Waals surface area contributed by atoms with Crippen molar-refractivity contribution >= 4 is 29.5 Å². The Morgan fingerprint density at radius 3 is 2.93 bits per heavy atom. The highest BCUT2D eigenvalue weighted by atomic mass is 35.5. The Labute approximate surface area is 87.4 Å². The predicted molar refractivity (Wildman–Crippen MR) is 56.2 cm³/mol. The molecule has 1 rings (SSSR count). The minimum Gasteiger partial charge on any atom is -0.462 e. The van der Waals surface area contributed by atoms with Gasteiger partial charge in [-0.05, 0) is 19.1 Å². The number of hydrogen-bond donors (Lipinski definition) is 0. The number of esters is 1. The Bertz CT molecular complexity index is 350. The van der Waals surface area contributed by atoms with Crippen molar-refractivity contribution in [2.75, 3.05) is 6.61 Å². The van der Waals surface area contributed by atoms with E-state index in [-0.39, 0.29) is 0 Å². The van der Waals surface area contributed by atoms with E-state index < -0.39 is 5.97 Å². The molecule has 0 bridgehead atoms. The van der Waals surface area contributed by atoms with Gasteiger partial charge in [-0.15, -0.1) is 0 Å². The van der Waals surface area contributed by atoms with Crippen LogP contribution in [0.5, 0.6) is 0 Å². The lowest BCUT2D eigenvalue weighted by atomic mass is 10.3. The normalized spacial score (nSPS) is 10.4. The van der Waals surface area contributed by atoms with E-state index in [0.717, 1.165) is 6.21 Å². The van der Waals surface area contributed by atoms with Gasteiger partial charge in [0.15, 0.2) is 0 Å². The van der Waals surface area contributed by atoms with Gasteiger partial charge in [-0.25, -0.2) is 9.79 Å². The summed E-state index contributed by atoms with van der Waals surface area (Å²) >= 11 is 5.82. The molecule has 0 spiro atoms. The van der Waals surface area contributed by atoms with Gasteiger partial charge in [-0.2, -0.15) is 0 Å². The maximum Gasteiger partial charge on any atom is 0.349 e. The van der Waals surface area contributed by atoms with Crippen molar-refractivity contribution in [2.24, 2.45) is 4.99 Å². The van der Waals surface area contributed by atoms with Crippen LogP contribution in [0.15, 0.2) is 29.3 Å². The molecule has 0 saturated carbocycles. The second kappa shape index (κ2) is 5.40. The van der Waals surface area contributed by atoms with Crippen molar-refractivity contribution in [3.05, 3.63) is 29.3 Å². The fourth-order valence-corrected chi connectivity index (χ4v) is 1.04. The van der Waals surface area contributed by atoms with Gasteiger partial charge in [0.25, 0.3) is 0 Å². The molecule has 0 aliphatic heterocycles. The molecule has 0 heterocycles. The van der Waals surface area contributed by atoms with Crippen molar-refractivity contribution in [3.63, 3.8) is 0 Å². The van der Waals surface area contributed by atoms with Gasteiger partial charge in [0.2, 0.25) is 0 Å². The number of rotatable bonds is 3. The molecule has 1 aromatic carbocycles. The van der Waals surface area contributed by atoms with E-state index in [1.165, 1.54) is 0 Å². The Hall–Kier alpha value is -1.35. The van der Waals surface area contributed by atoms with E-state index >= 15 is 0 Å². The molecule has 0 aliphatic rings. The van der Waals surface area contributed by atoms with Gasteiger partial charge in [0.05, 0.1) is 17.3 Å². The molecule has 0 aliphatic carbocycles. The molecule has 0 radical (unpaired) electrons. The molecule has 4 heteroatoms. The van der Waals surface area contributed by atoms with Crippen molar-refractivity contribution in [3.8, 4) is 0 Å². The molecule has 0 atom stereocenters. The number of carbonyl (C=O) groups excluding carboxylic acids is 1. The highest BCUT2D eigenvalue weighted by Gasteiger charge is 1.97. The quantitative estimate of drug-likeness (QED) is 0.570. The minimum atomic E-state index is -0.465. The first kappa shape index (κ1) is 10.7. The first-order valence-corrected chi connectivity index (χ1v) is 4.57. The molecule has 0 saturated heterocycles. The van der Waals surface area contributed by atoms with Gasteiger partial charge < -0.3 is 4.74 Å². The summed E-state index contributed by atoms with van der Waals surface area (Å²) in [7, 11) is 0. The van der Waals surface area contributed by atoms with Crippen molar-refractivity contribution in [1.29, 1.82) is 0 Å². The molecular formula is C10H10ClNO2. The van der Waals surface area contributed by atoms with Crippen LogP contribution < -0.4 is 0 Å². The number of halogens is 1. The van der Waals surface area contributed by atoms with Crippen LogP contribution in [-0.2, 0) is 9.53 Å². The lowest BCUT2D eigenvalue weighted by Crippen LogP contribution is -2.04. The van der Waals surface area contributed by atoms with Gasteiger partial charge in [0.1, 0.15) is 6.21 Å². The zero-order valence-electron chi connectivity index (χ0n) is 7.74. The number of nitrogens with zero attached hydrogens (tertiary/aromatic N) is 1. The zero-order chi connectivity index (χ0) is 10.4. The average molecular weight is 212 g/mol. The highest BCUT2D eigenvalue weighted by Crippen LogP contribution is 2.22. The largest absolute Gasteiger partial charge is 0.462 e. The maximum absolute atomic E-state index is 10.9. The Morgan fingerprint density at radius 1 is 1.57 bits per heavy atom. The van der Waals surface area contributed by atoms with Crippen LogP contribution in [0.3, 0.4) is 0 Å². The topological polar surface area (TPSA) is 38.7 Å². The SMILES string of the molecule is CCOC(=O)C=Nc1ccccc1Cl. The van der Waals surface area contributed by atoms with Gasteiger partial charge in [-0.1, -0.05) is 23.7 Å². The smallest absolute Gasteiger partial charge is 0.349 e. The second-order valence-corrected chi connectivity index (χ2v) is 2.87. The summed E-state index contributed by atoms with van der Waals surface area (Å²) in [6, 6.07) is 7.02. The maximum atomic E-state index is 10.9. The standard InChI is InChI=1S/C10H10ClNO2/c1-2-14-10(13)7-12-9-6-4-3-5-8(9)11/h3-7H,2H2,1H3. The van der Waals surface area contributed by atoms with Gasteiger partial charge >= 0.3 is 5.97 Å². The lowest BCUT2D eigenvalue weighted by Gasteiger charge is -1.96. The van der Waals surface area contributed by atoms with E-state index in [2.05, 4.69) is 9.73 Å². The van der Waals surface area contributed by atoms with Crippen LogP contribution in [0.2, 0.25) is 5.02 Å². The summed E-state index contributed by atoms with van der Waals surface area (Å²) in [6.07, 6.45) is 1.12. The predicted octanol–water partition coefficient (Wildman–Crippen LogP) is 2.61. The van der Waals surface area contributed by atoms with Crippen molar-refractivity contribution in [1.82, 2.24) is 0 Å². The van der Waals surface area contributed by atoms with E-state index in [0.29, 0.717) is 17.3 Å². The second-order valence-electron chi connectivity index (χ2n) is 2.46. The summed E-state index contributed by atoms with van der Waals surface area (Å²) in [5, 5.41) is 0.507. The van der Waals surface area contributed by atoms with Crippen LogP contribution in [0, 0.1) is 0 Å². The number of para-hydroxylation sites is 1. The molecule has 1 aromatic rings. The summed E-state index contributed by atoms with van der Waals surface area (Å²) in [5.41, 5.74) is 0.558. The third kappa shape index (κ3) is 3.18. The summed E-state index contributed by atoms with van der Waals surface area (Å²) in [6.45, 7) is 2.08. The average Bonchev–Trinajstić information content (AvgIpc) is 2.17. The van der Waals surface area contributed by atoms with Crippen LogP contribution in [-0.4, -0.2) is 18.8 Å². The third-order valence-corrected chi connectivity index (χ3v) is 1.77. The fraction of sp³-hybridized carbons (Fsp3) is 0.200. The first-order valence-electron chi connectivity index (χ1n) is 4.19. The number of hydrogen-bond acceptors (Lipinski definition) is 3. The van der Waals surface area contributed by atoms with Gasteiger partial charge in [0, 0.05) is 0 Å². The number of ether oxygens (including phenoxy) is 1. The summed E-state index contributed by atoms with van der Waals surface area (Å²) in [4.78, 5) is 14.8. The summed E-state index contributed by atoms with van der Waals surface area (Å²) < 4.78 is 4.67. The van der Waals surface area contributed by atoms with E-state index in [1.54, 1.807) is 31.2 Å². The van der Waals surface area contributed by atoms with E-state index in [1.807, 2.05) is 0 Å². The number of benzene rings is 1. The molecule has 0 amide bonds. The Kier molecular flexibility index (Phi) is 4.13.